The van der Waals surface area contributed by atoms with Gasteiger partial charge in [0.2, 0.25) is 10.0 Å². The Bertz CT molecular complexity index is 921. The minimum absolute atomic E-state index is 0.125. The van der Waals surface area contributed by atoms with E-state index in [1.165, 1.54) is 22.5 Å². The molecule has 1 unspecified atom stereocenters. The summed E-state index contributed by atoms with van der Waals surface area (Å²) in [5.41, 5.74) is 0.828. The molecular formula is C17H17Cl2NO4S2. The Morgan fingerprint density at radius 3 is 2.42 bits per heavy atom. The highest BCUT2D eigenvalue weighted by molar-refractivity contribution is 8.01. The number of hydrogen-bond acceptors (Lipinski definition) is 5. The molecule has 0 aliphatic carbocycles. The van der Waals surface area contributed by atoms with E-state index in [9.17, 15) is 8.42 Å². The Kier molecular flexibility index (Phi) is 5.94. The molecule has 2 aromatic rings. The molecule has 26 heavy (non-hydrogen) atoms. The smallest absolute Gasteiger partial charge is 0.244 e. The van der Waals surface area contributed by atoms with E-state index in [0.29, 0.717) is 28.8 Å². The molecule has 1 aliphatic heterocycles. The molecule has 0 spiro atoms. The van der Waals surface area contributed by atoms with Crippen molar-refractivity contribution < 1.29 is 17.9 Å². The predicted octanol–water partition coefficient (Wildman–Crippen LogP) is 4.45. The van der Waals surface area contributed by atoms with Gasteiger partial charge in [0.05, 0.1) is 34.5 Å². The van der Waals surface area contributed by atoms with Crippen LogP contribution in [0.4, 0.5) is 0 Å². The van der Waals surface area contributed by atoms with Gasteiger partial charge in [-0.25, -0.2) is 8.42 Å². The second-order valence-electron chi connectivity index (χ2n) is 5.53. The third-order valence-corrected chi connectivity index (χ3v) is 8.03. The summed E-state index contributed by atoms with van der Waals surface area (Å²) in [5.74, 6) is 1.85. The third kappa shape index (κ3) is 3.64. The fraction of sp³-hybridized carbons (Fsp3) is 0.294. The number of halogens is 2. The van der Waals surface area contributed by atoms with Crippen LogP contribution in [0, 0.1) is 0 Å². The number of ether oxygens (including phenoxy) is 2. The number of methoxy groups -OCH3 is 2. The molecule has 0 bridgehead atoms. The van der Waals surface area contributed by atoms with E-state index in [4.69, 9.17) is 32.7 Å². The quantitative estimate of drug-likeness (QED) is 0.696. The zero-order valence-electron chi connectivity index (χ0n) is 14.1. The molecule has 0 aromatic heterocycles. The first-order valence-corrected chi connectivity index (χ1v) is 10.9. The Morgan fingerprint density at radius 2 is 1.77 bits per heavy atom. The Labute approximate surface area is 167 Å². The molecule has 1 saturated heterocycles. The average Bonchev–Trinajstić information content (AvgIpc) is 3.14. The first-order valence-electron chi connectivity index (χ1n) is 7.69. The zero-order chi connectivity index (χ0) is 18.9. The third-order valence-electron chi connectivity index (χ3n) is 4.04. The van der Waals surface area contributed by atoms with E-state index < -0.39 is 10.0 Å². The minimum Gasteiger partial charge on any atom is -0.493 e. The molecule has 0 amide bonds. The molecule has 1 atom stereocenters. The summed E-state index contributed by atoms with van der Waals surface area (Å²) >= 11 is 13.5. The van der Waals surface area contributed by atoms with Crippen molar-refractivity contribution in [3.63, 3.8) is 0 Å². The standard InChI is InChI=1S/C17H17Cl2NO4S2/c1-23-15-6-3-11(9-16(15)24-2)17-20(7-8-25-17)26(21,22)12-4-5-13(18)14(19)10-12/h3-6,9-10,17H,7-8H2,1-2H3. The van der Waals surface area contributed by atoms with E-state index in [1.54, 1.807) is 38.1 Å². The van der Waals surface area contributed by atoms with Crippen LogP contribution in [0.15, 0.2) is 41.3 Å². The van der Waals surface area contributed by atoms with Gasteiger partial charge in [-0.05, 0) is 35.9 Å². The fourth-order valence-corrected chi connectivity index (χ4v) is 6.36. The number of benzene rings is 2. The van der Waals surface area contributed by atoms with Gasteiger partial charge >= 0.3 is 0 Å². The Morgan fingerprint density at radius 1 is 1.04 bits per heavy atom. The molecule has 9 heteroatoms. The Balaban J connectivity index is 1.98. The molecular weight excluding hydrogens is 417 g/mol. The van der Waals surface area contributed by atoms with Gasteiger partial charge in [0.1, 0.15) is 0 Å². The van der Waals surface area contributed by atoms with E-state index in [2.05, 4.69) is 0 Å². The zero-order valence-corrected chi connectivity index (χ0v) is 17.3. The minimum atomic E-state index is -3.71. The van der Waals surface area contributed by atoms with Crippen LogP contribution in [-0.2, 0) is 10.0 Å². The van der Waals surface area contributed by atoms with Gasteiger partial charge in [-0.15, -0.1) is 11.8 Å². The molecule has 0 radical (unpaired) electrons. The SMILES string of the molecule is COc1ccc(C2SCCN2S(=O)(=O)c2ccc(Cl)c(Cl)c2)cc1OC. The van der Waals surface area contributed by atoms with Gasteiger partial charge < -0.3 is 9.47 Å². The number of sulfonamides is 1. The van der Waals surface area contributed by atoms with Crippen molar-refractivity contribution >= 4 is 45.0 Å². The van der Waals surface area contributed by atoms with Crippen LogP contribution in [0.25, 0.3) is 0 Å². The number of thioether (sulfide) groups is 1. The van der Waals surface area contributed by atoms with Crippen LogP contribution in [0.3, 0.4) is 0 Å². The maximum absolute atomic E-state index is 13.1. The molecule has 1 heterocycles. The lowest BCUT2D eigenvalue weighted by molar-refractivity contribution is 0.353. The lowest BCUT2D eigenvalue weighted by Gasteiger charge is -2.24. The van der Waals surface area contributed by atoms with Gasteiger partial charge in [0, 0.05) is 12.3 Å². The molecule has 0 N–H and O–H groups in total. The average molecular weight is 434 g/mol. The van der Waals surface area contributed by atoms with Crippen molar-refractivity contribution in [2.45, 2.75) is 10.3 Å². The van der Waals surface area contributed by atoms with Crippen molar-refractivity contribution in [2.24, 2.45) is 0 Å². The molecule has 0 saturated carbocycles. The van der Waals surface area contributed by atoms with Gasteiger partial charge in [0.25, 0.3) is 0 Å². The molecule has 140 valence electrons. The molecule has 3 rings (SSSR count). The lowest BCUT2D eigenvalue weighted by atomic mass is 10.2. The summed E-state index contributed by atoms with van der Waals surface area (Å²) in [6.45, 7) is 0.409. The highest BCUT2D eigenvalue weighted by Gasteiger charge is 2.37. The first kappa shape index (κ1) is 19.6. The second kappa shape index (κ2) is 7.86. The fourth-order valence-electron chi connectivity index (χ4n) is 2.74. The van der Waals surface area contributed by atoms with Crippen LogP contribution in [-0.4, -0.2) is 39.2 Å². The summed E-state index contributed by atoms with van der Waals surface area (Å²) < 4.78 is 38.3. The summed E-state index contributed by atoms with van der Waals surface area (Å²) in [5, 5.41) is 0.175. The van der Waals surface area contributed by atoms with Crippen LogP contribution in [0.1, 0.15) is 10.9 Å². The van der Waals surface area contributed by atoms with Crippen LogP contribution >= 0.6 is 35.0 Å². The monoisotopic (exact) mass is 433 g/mol. The maximum Gasteiger partial charge on any atom is 0.244 e. The van der Waals surface area contributed by atoms with Crippen molar-refractivity contribution in [1.82, 2.24) is 4.31 Å². The molecule has 1 aliphatic rings. The van der Waals surface area contributed by atoms with Crippen molar-refractivity contribution in [2.75, 3.05) is 26.5 Å². The van der Waals surface area contributed by atoms with Crippen molar-refractivity contribution in [3.8, 4) is 11.5 Å². The molecule has 2 aromatic carbocycles. The topological polar surface area (TPSA) is 55.8 Å². The van der Waals surface area contributed by atoms with Gasteiger partial charge in [0.15, 0.2) is 11.5 Å². The Hall–Kier alpha value is -1.12. The first-order chi connectivity index (χ1) is 12.4. The summed E-state index contributed by atoms with van der Waals surface area (Å²) in [6.07, 6.45) is 0. The van der Waals surface area contributed by atoms with E-state index in [1.807, 2.05) is 6.07 Å². The van der Waals surface area contributed by atoms with E-state index in [-0.39, 0.29) is 15.3 Å². The van der Waals surface area contributed by atoms with Gasteiger partial charge in [-0.1, -0.05) is 29.3 Å². The van der Waals surface area contributed by atoms with Crippen molar-refractivity contribution in [3.05, 3.63) is 52.0 Å². The number of hydrogen-bond donors (Lipinski definition) is 0. The number of nitrogens with zero attached hydrogens (tertiary/aromatic N) is 1. The van der Waals surface area contributed by atoms with Crippen LogP contribution in [0.2, 0.25) is 10.0 Å². The van der Waals surface area contributed by atoms with Gasteiger partial charge in [-0.2, -0.15) is 4.31 Å². The second-order valence-corrected chi connectivity index (χ2v) is 9.42. The molecule has 1 fully saturated rings. The highest BCUT2D eigenvalue weighted by Crippen LogP contribution is 2.44. The summed E-state index contributed by atoms with van der Waals surface area (Å²) in [4.78, 5) is 0.125. The lowest BCUT2D eigenvalue weighted by Crippen LogP contribution is -2.30. The normalized spacial score (nSPS) is 18.1. The summed E-state index contributed by atoms with van der Waals surface area (Å²) in [6, 6.07) is 9.77. The van der Waals surface area contributed by atoms with Crippen molar-refractivity contribution in [1.29, 1.82) is 0 Å². The highest BCUT2D eigenvalue weighted by atomic mass is 35.5. The largest absolute Gasteiger partial charge is 0.493 e. The van der Waals surface area contributed by atoms with Gasteiger partial charge in [-0.3, -0.25) is 0 Å². The molecule has 5 nitrogen and oxygen atoms in total. The maximum atomic E-state index is 13.1. The number of rotatable bonds is 5. The van der Waals surface area contributed by atoms with E-state index >= 15 is 0 Å². The van der Waals surface area contributed by atoms with E-state index in [0.717, 1.165) is 5.56 Å². The predicted molar refractivity (Wildman–Crippen MR) is 105 cm³/mol. The summed E-state index contributed by atoms with van der Waals surface area (Å²) in [7, 11) is -0.606. The van der Waals surface area contributed by atoms with Crippen LogP contribution in [0.5, 0.6) is 11.5 Å². The van der Waals surface area contributed by atoms with Crippen LogP contribution < -0.4 is 9.47 Å².